The molecule has 0 atom stereocenters. The molecule has 0 unspecified atom stereocenters. The average molecular weight is 264 g/mol. The SMILES string of the molecule is NCC1(NC2CCCCC2)CCC2(CCCC2)CC1. The maximum atomic E-state index is 6.18. The molecule has 0 aliphatic heterocycles. The molecule has 3 aliphatic carbocycles. The molecule has 3 fully saturated rings. The molecule has 3 saturated carbocycles. The highest BCUT2D eigenvalue weighted by Crippen LogP contribution is 2.51. The summed E-state index contributed by atoms with van der Waals surface area (Å²) in [6.07, 6.45) is 18.5. The summed E-state index contributed by atoms with van der Waals surface area (Å²) in [6.45, 7) is 0.847. The fourth-order valence-corrected chi connectivity index (χ4v) is 4.97. The van der Waals surface area contributed by atoms with E-state index < -0.39 is 0 Å². The Bertz CT molecular complexity index is 278. The topological polar surface area (TPSA) is 38.0 Å². The number of nitrogens with one attached hydrogen (secondary N) is 1. The molecule has 0 radical (unpaired) electrons. The predicted molar refractivity (Wildman–Crippen MR) is 81.2 cm³/mol. The molecule has 0 aromatic heterocycles. The summed E-state index contributed by atoms with van der Waals surface area (Å²) in [4.78, 5) is 0. The lowest BCUT2D eigenvalue weighted by Crippen LogP contribution is -2.58. The molecule has 0 bridgehead atoms. The third-order valence-corrected chi connectivity index (χ3v) is 6.44. The van der Waals surface area contributed by atoms with Crippen LogP contribution in [-0.4, -0.2) is 18.1 Å². The van der Waals surface area contributed by atoms with Gasteiger partial charge in [0.25, 0.3) is 0 Å². The van der Waals surface area contributed by atoms with Crippen molar-refractivity contribution in [3.05, 3.63) is 0 Å². The normalized spacial score (nSPS) is 30.8. The number of rotatable bonds is 3. The van der Waals surface area contributed by atoms with Crippen LogP contribution in [0.2, 0.25) is 0 Å². The van der Waals surface area contributed by atoms with Crippen molar-refractivity contribution < 1.29 is 0 Å². The molecule has 0 heterocycles. The zero-order valence-electron chi connectivity index (χ0n) is 12.6. The molecule has 0 aromatic rings. The van der Waals surface area contributed by atoms with E-state index in [-0.39, 0.29) is 5.54 Å². The molecule has 110 valence electrons. The van der Waals surface area contributed by atoms with Crippen molar-refractivity contribution in [2.45, 2.75) is 95.1 Å². The summed E-state index contributed by atoms with van der Waals surface area (Å²) in [6, 6.07) is 0.759. The number of hydrogen-bond acceptors (Lipinski definition) is 2. The minimum atomic E-state index is 0.288. The minimum absolute atomic E-state index is 0.288. The first kappa shape index (κ1) is 13.9. The second-order valence-electron chi connectivity index (χ2n) is 7.67. The van der Waals surface area contributed by atoms with E-state index in [4.69, 9.17) is 5.73 Å². The van der Waals surface area contributed by atoms with Crippen LogP contribution in [0.3, 0.4) is 0 Å². The van der Waals surface area contributed by atoms with E-state index in [1.54, 1.807) is 0 Å². The van der Waals surface area contributed by atoms with Crippen molar-refractivity contribution in [2.75, 3.05) is 6.54 Å². The minimum Gasteiger partial charge on any atom is -0.329 e. The third kappa shape index (κ3) is 3.00. The predicted octanol–water partition coefficient (Wildman–Crippen LogP) is 3.74. The van der Waals surface area contributed by atoms with E-state index in [2.05, 4.69) is 5.32 Å². The summed E-state index contributed by atoms with van der Waals surface area (Å²) >= 11 is 0. The molecule has 0 amide bonds. The Morgan fingerprint density at radius 1 is 0.789 bits per heavy atom. The summed E-state index contributed by atoms with van der Waals surface area (Å²) in [5.74, 6) is 0. The van der Waals surface area contributed by atoms with E-state index >= 15 is 0 Å². The van der Waals surface area contributed by atoms with E-state index in [1.165, 1.54) is 83.5 Å². The first-order valence-corrected chi connectivity index (χ1v) is 8.74. The third-order valence-electron chi connectivity index (χ3n) is 6.44. The van der Waals surface area contributed by atoms with Crippen molar-refractivity contribution in [1.29, 1.82) is 0 Å². The molecule has 3 aliphatic rings. The molecule has 19 heavy (non-hydrogen) atoms. The van der Waals surface area contributed by atoms with Crippen LogP contribution in [0.5, 0.6) is 0 Å². The molecule has 3 rings (SSSR count). The van der Waals surface area contributed by atoms with Crippen molar-refractivity contribution in [2.24, 2.45) is 11.1 Å². The van der Waals surface area contributed by atoms with Gasteiger partial charge in [0.1, 0.15) is 0 Å². The van der Waals surface area contributed by atoms with Crippen LogP contribution >= 0.6 is 0 Å². The van der Waals surface area contributed by atoms with Crippen molar-refractivity contribution in [3.63, 3.8) is 0 Å². The Balaban J connectivity index is 1.58. The highest BCUT2D eigenvalue weighted by Gasteiger charge is 2.43. The second kappa shape index (κ2) is 5.73. The van der Waals surface area contributed by atoms with Gasteiger partial charge in [0.05, 0.1) is 0 Å². The van der Waals surface area contributed by atoms with Gasteiger partial charge >= 0.3 is 0 Å². The summed E-state index contributed by atoms with van der Waals surface area (Å²) in [5.41, 5.74) is 7.20. The van der Waals surface area contributed by atoms with Crippen LogP contribution in [0.4, 0.5) is 0 Å². The molecule has 1 spiro atoms. The van der Waals surface area contributed by atoms with Crippen LogP contribution in [0.25, 0.3) is 0 Å². The van der Waals surface area contributed by atoms with Crippen molar-refractivity contribution in [1.82, 2.24) is 5.32 Å². The quantitative estimate of drug-likeness (QED) is 0.815. The summed E-state index contributed by atoms with van der Waals surface area (Å²) < 4.78 is 0. The Morgan fingerprint density at radius 2 is 1.42 bits per heavy atom. The van der Waals surface area contributed by atoms with Gasteiger partial charge in [-0.3, -0.25) is 0 Å². The Hall–Kier alpha value is -0.0800. The first-order chi connectivity index (χ1) is 9.26. The Labute approximate surface area is 118 Å². The van der Waals surface area contributed by atoms with Crippen LogP contribution in [0, 0.1) is 5.41 Å². The van der Waals surface area contributed by atoms with E-state index in [0.29, 0.717) is 0 Å². The lowest BCUT2D eigenvalue weighted by Gasteiger charge is -2.47. The summed E-state index contributed by atoms with van der Waals surface area (Å²) in [5, 5.41) is 4.00. The van der Waals surface area contributed by atoms with E-state index in [9.17, 15) is 0 Å². The van der Waals surface area contributed by atoms with E-state index in [0.717, 1.165) is 18.0 Å². The van der Waals surface area contributed by atoms with E-state index in [1.807, 2.05) is 0 Å². The largest absolute Gasteiger partial charge is 0.329 e. The zero-order chi connectivity index (χ0) is 13.2. The molecule has 3 N–H and O–H groups in total. The monoisotopic (exact) mass is 264 g/mol. The number of nitrogens with two attached hydrogens (primary N) is 1. The maximum Gasteiger partial charge on any atom is 0.0306 e. The van der Waals surface area contributed by atoms with Gasteiger partial charge in [0.2, 0.25) is 0 Å². The standard InChI is InChI=1S/C17H32N2/c18-14-17(19-15-6-2-1-3-7-15)12-10-16(11-13-17)8-4-5-9-16/h15,19H,1-14,18H2. The zero-order valence-corrected chi connectivity index (χ0v) is 12.6. The van der Waals surface area contributed by atoms with Gasteiger partial charge < -0.3 is 11.1 Å². The fourth-order valence-electron chi connectivity index (χ4n) is 4.97. The van der Waals surface area contributed by atoms with Gasteiger partial charge in [0, 0.05) is 18.1 Å². The highest BCUT2D eigenvalue weighted by atomic mass is 15.0. The van der Waals surface area contributed by atoms with Crippen molar-refractivity contribution in [3.8, 4) is 0 Å². The maximum absolute atomic E-state index is 6.18. The smallest absolute Gasteiger partial charge is 0.0306 e. The van der Waals surface area contributed by atoms with Crippen LogP contribution < -0.4 is 11.1 Å². The molecule has 0 aromatic carbocycles. The van der Waals surface area contributed by atoms with Gasteiger partial charge in [0.15, 0.2) is 0 Å². The lowest BCUT2D eigenvalue weighted by atomic mass is 9.66. The van der Waals surface area contributed by atoms with Gasteiger partial charge in [-0.25, -0.2) is 0 Å². The van der Waals surface area contributed by atoms with Gasteiger partial charge in [-0.05, 0) is 56.8 Å². The van der Waals surface area contributed by atoms with Crippen LogP contribution in [0.15, 0.2) is 0 Å². The van der Waals surface area contributed by atoms with Gasteiger partial charge in [-0.15, -0.1) is 0 Å². The molecule has 2 heteroatoms. The average Bonchev–Trinajstić information content (AvgIpc) is 2.92. The first-order valence-electron chi connectivity index (χ1n) is 8.74. The van der Waals surface area contributed by atoms with Crippen molar-refractivity contribution >= 4 is 0 Å². The molecule has 2 nitrogen and oxygen atoms in total. The lowest BCUT2D eigenvalue weighted by molar-refractivity contribution is 0.100. The summed E-state index contributed by atoms with van der Waals surface area (Å²) in [7, 11) is 0. The van der Waals surface area contributed by atoms with Crippen LogP contribution in [-0.2, 0) is 0 Å². The Kier molecular flexibility index (Phi) is 4.19. The fraction of sp³-hybridized carbons (Fsp3) is 1.00. The molecular formula is C17H32N2. The second-order valence-corrected chi connectivity index (χ2v) is 7.67. The molecule has 0 saturated heterocycles. The molecular weight excluding hydrogens is 232 g/mol. The number of hydrogen-bond donors (Lipinski definition) is 2. The van der Waals surface area contributed by atoms with Crippen LogP contribution in [0.1, 0.15) is 83.5 Å². The highest BCUT2D eigenvalue weighted by molar-refractivity contribution is 5.01. The Morgan fingerprint density at radius 3 is 2.00 bits per heavy atom. The van der Waals surface area contributed by atoms with Gasteiger partial charge in [-0.2, -0.15) is 0 Å². The van der Waals surface area contributed by atoms with Gasteiger partial charge in [-0.1, -0.05) is 32.1 Å².